The van der Waals surface area contributed by atoms with E-state index in [1.54, 1.807) is 38.5 Å². The van der Waals surface area contributed by atoms with E-state index in [0.717, 1.165) is 18.5 Å². The van der Waals surface area contributed by atoms with Crippen molar-refractivity contribution < 1.29 is 14.3 Å². The molecule has 0 fully saturated rings. The highest BCUT2D eigenvalue weighted by Crippen LogP contribution is 2.29. The summed E-state index contributed by atoms with van der Waals surface area (Å²) >= 11 is 0. The Labute approximate surface area is 170 Å². The molecule has 0 saturated carbocycles. The maximum Gasteiger partial charge on any atom is 0.274 e. The molecule has 0 bridgehead atoms. The second kappa shape index (κ2) is 9.54. The van der Waals surface area contributed by atoms with Crippen LogP contribution in [-0.2, 0) is 0 Å². The molecular formula is C22H24N4O3. The van der Waals surface area contributed by atoms with Gasteiger partial charge >= 0.3 is 0 Å². The van der Waals surface area contributed by atoms with Crippen LogP contribution in [0.5, 0.6) is 11.5 Å². The zero-order chi connectivity index (χ0) is 20.6. The molecule has 3 aromatic rings. The first-order chi connectivity index (χ1) is 14.1. The van der Waals surface area contributed by atoms with Crippen molar-refractivity contribution >= 4 is 17.4 Å². The van der Waals surface area contributed by atoms with Gasteiger partial charge in [0.05, 0.1) is 19.9 Å². The van der Waals surface area contributed by atoms with Gasteiger partial charge in [0.25, 0.3) is 5.91 Å². The number of rotatable bonds is 8. The minimum atomic E-state index is -0.365. The molecule has 150 valence electrons. The Kier molecular flexibility index (Phi) is 6.63. The molecule has 2 N–H and O–H groups in total. The Morgan fingerprint density at radius 1 is 1.00 bits per heavy atom. The Morgan fingerprint density at radius 2 is 1.79 bits per heavy atom. The van der Waals surface area contributed by atoms with E-state index in [2.05, 4.69) is 27.5 Å². The average Bonchev–Trinajstić information content (AvgIpc) is 2.78. The molecule has 0 atom stereocenters. The van der Waals surface area contributed by atoms with Gasteiger partial charge in [-0.3, -0.25) is 4.79 Å². The highest BCUT2D eigenvalue weighted by molar-refractivity contribution is 6.04. The highest BCUT2D eigenvalue weighted by Gasteiger charge is 2.16. The van der Waals surface area contributed by atoms with Gasteiger partial charge in [0.2, 0.25) is 0 Å². The topological polar surface area (TPSA) is 85.4 Å². The van der Waals surface area contributed by atoms with Crippen LogP contribution in [0.1, 0.15) is 23.8 Å². The first kappa shape index (κ1) is 20.1. The van der Waals surface area contributed by atoms with Crippen LogP contribution in [0, 0.1) is 0 Å². The number of methoxy groups -OCH3 is 2. The standard InChI is InChI=1S/C22H24N4O3/c1-4-12-23-20-14-18(24-21(26-20)15-8-6-5-7-9-15)22(27)25-17-13-16(28-2)10-11-19(17)29-3/h5-11,13-14H,4,12H2,1-3H3,(H,25,27)(H,23,24,26). The van der Waals surface area contributed by atoms with Gasteiger partial charge in [-0.25, -0.2) is 9.97 Å². The van der Waals surface area contributed by atoms with Crippen LogP contribution < -0.4 is 20.1 Å². The highest BCUT2D eigenvalue weighted by atomic mass is 16.5. The number of benzene rings is 2. The zero-order valence-electron chi connectivity index (χ0n) is 16.7. The molecular weight excluding hydrogens is 368 g/mol. The summed E-state index contributed by atoms with van der Waals surface area (Å²) in [6.07, 6.45) is 0.938. The van der Waals surface area contributed by atoms with E-state index in [9.17, 15) is 4.79 Å². The Bertz CT molecular complexity index is 977. The third-order valence-corrected chi connectivity index (χ3v) is 4.20. The van der Waals surface area contributed by atoms with Crippen molar-refractivity contribution in [3.8, 4) is 22.9 Å². The number of ether oxygens (including phenoxy) is 2. The lowest BCUT2D eigenvalue weighted by Crippen LogP contribution is -2.16. The fraction of sp³-hybridized carbons (Fsp3) is 0.227. The summed E-state index contributed by atoms with van der Waals surface area (Å²) in [6.45, 7) is 2.81. The Balaban J connectivity index is 1.95. The molecule has 0 spiro atoms. The van der Waals surface area contributed by atoms with Crippen molar-refractivity contribution in [2.24, 2.45) is 0 Å². The molecule has 1 aromatic heterocycles. The lowest BCUT2D eigenvalue weighted by atomic mass is 10.2. The number of nitrogens with one attached hydrogen (secondary N) is 2. The molecule has 1 amide bonds. The summed E-state index contributed by atoms with van der Waals surface area (Å²) in [6, 6.07) is 16.4. The quantitative estimate of drug-likeness (QED) is 0.597. The smallest absolute Gasteiger partial charge is 0.274 e. The number of carbonyl (C=O) groups is 1. The maximum absolute atomic E-state index is 13.0. The molecule has 0 saturated heterocycles. The first-order valence-corrected chi connectivity index (χ1v) is 9.36. The number of nitrogens with zero attached hydrogens (tertiary/aromatic N) is 2. The van der Waals surface area contributed by atoms with Crippen LogP contribution in [-0.4, -0.2) is 36.6 Å². The second-order valence-corrected chi connectivity index (χ2v) is 6.28. The molecule has 7 heteroatoms. The second-order valence-electron chi connectivity index (χ2n) is 6.28. The van der Waals surface area contributed by atoms with Crippen LogP contribution in [0.2, 0.25) is 0 Å². The molecule has 2 aromatic carbocycles. The van der Waals surface area contributed by atoms with Crippen molar-refractivity contribution in [1.82, 2.24) is 9.97 Å². The van der Waals surface area contributed by atoms with E-state index in [-0.39, 0.29) is 11.6 Å². The van der Waals surface area contributed by atoms with Crippen LogP contribution in [0.4, 0.5) is 11.5 Å². The van der Waals surface area contributed by atoms with Crippen molar-refractivity contribution in [3.05, 3.63) is 60.3 Å². The third kappa shape index (κ3) is 5.01. The lowest BCUT2D eigenvalue weighted by molar-refractivity contribution is 0.102. The van der Waals surface area contributed by atoms with Gasteiger partial charge in [-0.15, -0.1) is 0 Å². The molecule has 0 unspecified atom stereocenters. The molecule has 0 aliphatic rings. The van der Waals surface area contributed by atoms with E-state index in [1.807, 2.05) is 30.3 Å². The van der Waals surface area contributed by atoms with Gasteiger partial charge in [-0.05, 0) is 18.6 Å². The maximum atomic E-state index is 13.0. The number of carbonyl (C=O) groups excluding carboxylic acids is 1. The summed E-state index contributed by atoms with van der Waals surface area (Å²) in [5.41, 5.74) is 1.59. The number of aromatic nitrogens is 2. The van der Waals surface area contributed by atoms with E-state index in [4.69, 9.17) is 9.47 Å². The number of amides is 1. The summed E-state index contributed by atoms with van der Waals surface area (Å²) in [5, 5.41) is 6.08. The lowest BCUT2D eigenvalue weighted by Gasteiger charge is -2.13. The molecule has 29 heavy (non-hydrogen) atoms. The molecule has 0 aliphatic heterocycles. The predicted octanol–water partition coefficient (Wildman–Crippen LogP) is 4.24. The minimum absolute atomic E-state index is 0.252. The fourth-order valence-electron chi connectivity index (χ4n) is 2.72. The van der Waals surface area contributed by atoms with Crippen molar-refractivity contribution in [3.63, 3.8) is 0 Å². The van der Waals surface area contributed by atoms with E-state index < -0.39 is 0 Å². The van der Waals surface area contributed by atoms with Crippen molar-refractivity contribution in [2.75, 3.05) is 31.4 Å². The monoisotopic (exact) mass is 392 g/mol. The summed E-state index contributed by atoms with van der Waals surface area (Å²) in [7, 11) is 3.11. The molecule has 3 rings (SSSR count). The summed E-state index contributed by atoms with van der Waals surface area (Å²) in [4.78, 5) is 22.0. The zero-order valence-corrected chi connectivity index (χ0v) is 16.7. The van der Waals surface area contributed by atoms with Crippen LogP contribution in [0.15, 0.2) is 54.6 Å². The van der Waals surface area contributed by atoms with Crippen LogP contribution in [0.3, 0.4) is 0 Å². The van der Waals surface area contributed by atoms with Crippen molar-refractivity contribution in [1.29, 1.82) is 0 Å². The molecule has 0 aliphatic carbocycles. The minimum Gasteiger partial charge on any atom is -0.497 e. The largest absolute Gasteiger partial charge is 0.497 e. The Hall–Kier alpha value is -3.61. The van der Waals surface area contributed by atoms with Crippen LogP contribution >= 0.6 is 0 Å². The van der Waals surface area contributed by atoms with Gasteiger partial charge in [0.1, 0.15) is 23.0 Å². The first-order valence-electron chi connectivity index (χ1n) is 9.36. The SMILES string of the molecule is CCCNc1cc(C(=O)Nc2cc(OC)ccc2OC)nc(-c2ccccc2)n1. The van der Waals surface area contributed by atoms with Gasteiger partial charge in [0.15, 0.2) is 5.82 Å². The van der Waals surface area contributed by atoms with Gasteiger partial charge < -0.3 is 20.1 Å². The van der Waals surface area contributed by atoms with Crippen molar-refractivity contribution in [2.45, 2.75) is 13.3 Å². The fourth-order valence-corrected chi connectivity index (χ4v) is 2.72. The molecule has 1 heterocycles. The third-order valence-electron chi connectivity index (χ3n) is 4.20. The van der Waals surface area contributed by atoms with E-state index in [0.29, 0.717) is 28.8 Å². The van der Waals surface area contributed by atoms with Gasteiger partial charge in [-0.2, -0.15) is 0 Å². The number of hydrogen-bond donors (Lipinski definition) is 2. The van der Waals surface area contributed by atoms with E-state index >= 15 is 0 Å². The van der Waals surface area contributed by atoms with Gasteiger partial charge in [0, 0.05) is 24.2 Å². The normalized spacial score (nSPS) is 10.3. The molecule has 7 nitrogen and oxygen atoms in total. The predicted molar refractivity (Wildman–Crippen MR) is 114 cm³/mol. The molecule has 0 radical (unpaired) electrons. The summed E-state index contributed by atoms with van der Waals surface area (Å²) < 4.78 is 10.6. The average molecular weight is 392 g/mol. The summed E-state index contributed by atoms with van der Waals surface area (Å²) in [5.74, 6) is 1.86. The number of anilines is 2. The van der Waals surface area contributed by atoms with E-state index in [1.165, 1.54) is 0 Å². The van der Waals surface area contributed by atoms with Crippen LogP contribution in [0.25, 0.3) is 11.4 Å². The Morgan fingerprint density at radius 3 is 2.48 bits per heavy atom. The number of hydrogen-bond acceptors (Lipinski definition) is 6. The van der Waals surface area contributed by atoms with Gasteiger partial charge in [-0.1, -0.05) is 37.3 Å².